The molecule has 23 heteroatoms. The molecule has 0 aromatic carbocycles. The number of pyridine rings is 1. The molecule has 3 fully saturated rings. The maximum atomic E-state index is 16.0. The molecule has 44 heavy (non-hydrogen) atoms. The SMILES string of the molecule is [B][P@]1(=O)OC[C@H]2OC(n3cnc4c(N)ccnc43)[C@H](F)[C@@H]2OP(O)(=S)OC[C@H]2O[C@@H](n3cnc4c(N)ncnc43)[C@H](F)[C@@H]2O1. The molecule has 0 aliphatic carbocycles. The fourth-order valence-electron chi connectivity index (χ4n) is 5.28. The lowest BCUT2D eigenvalue weighted by Gasteiger charge is -2.29. The van der Waals surface area contributed by atoms with Gasteiger partial charge >= 0.3 is 6.72 Å². The van der Waals surface area contributed by atoms with Crippen molar-refractivity contribution in [3.05, 3.63) is 31.2 Å². The Morgan fingerprint density at radius 3 is 2.18 bits per heavy atom. The number of hydrogen-bond acceptors (Lipinski definition) is 15. The van der Waals surface area contributed by atoms with E-state index in [1.54, 1.807) is 0 Å². The number of imidazole rings is 2. The maximum absolute atomic E-state index is 16.0. The number of alkyl halides is 2. The van der Waals surface area contributed by atoms with Crippen molar-refractivity contribution in [1.29, 1.82) is 0 Å². The highest BCUT2D eigenvalue weighted by Gasteiger charge is 2.53. The lowest BCUT2D eigenvalue weighted by atomic mass is 10.1. The average molecular weight is 671 g/mol. The van der Waals surface area contributed by atoms with E-state index in [4.69, 9.17) is 58.4 Å². The zero-order valence-electron chi connectivity index (χ0n) is 22.1. The lowest BCUT2D eigenvalue weighted by molar-refractivity contribution is -0.0566. The van der Waals surface area contributed by atoms with Gasteiger partial charge in [-0.05, 0) is 17.9 Å². The van der Waals surface area contributed by atoms with Gasteiger partial charge in [-0.25, -0.2) is 33.7 Å². The largest absolute Gasteiger partial charge is 0.397 e. The van der Waals surface area contributed by atoms with Crippen molar-refractivity contribution in [3.8, 4) is 0 Å². The van der Waals surface area contributed by atoms with Crippen molar-refractivity contribution in [2.24, 2.45) is 0 Å². The van der Waals surface area contributed by atoms with Crippen molar-refractivity contribution >= 4 is 67.4 Å². The fraction of sp³-hybridized carbons (Fsp3) is 0.476. The van der Waals surface area contributed by atoms with Gasteiger partial charge in [0.15, 0.2) is 41.9 Å². The van der Waals surface area contributed by atoms with Gasteiger partial charge in [0.1, 0.15) is 41.8 Å². The molecule has 2 unspecified atom stereocenters. The van der Waals surface area contributed by atoms with Crippen LogP contribution in [-0.2, 0) is 43.9 Å². The Bertz CT molecular complexity index is 1710. The predicted molar refractivity (Wildman–Crippen MR) is 151 cm³/mol. The van der Waals surface area contributed by atoms with E-state index in [1.807, 2.05) is 0 Å². The van der Waals surface area contributed by atoms with Crippen LogP contribution in [-0.4, -0.2) is 96.5 Å². The van der Waals surface area contributed by atoms with Gasteiger partial charge in [0.2, 0.25) is 7.57 Å². The molecule has 7 heterocycles. The van der Waals surface area contributed by atoms with Crippen molar-refractivity contribution in [2.45, 2.75) is 49.2 Å². The second kappa shape index (κ2) is 11.0. The van der Waals surface area contributed by atoms with Gasteiger partial charge in [-0.1, -0.05) is 0 Å². The zero-order chi connectivity index (χ0) is 31.0. The Morgan fingerprint density at radius 1 is 0.909 bits per heavy atom. The lowest BCUT2D eigenvalue weighted by Crippen LogP contribution is -2.37. The second-order valence-electron chi connectivity index (χ2n) is 10.1. The number of nitrogen functional groups attached to an aromatic ring is 2. The number of nitrogens with zero attached hydrogens (tertiary/aromatic N) is 7. The summed E-state index contributed by atoms with van der Waals surface area (Å²) in [5.41, 5.74) is 12.9. The summed E-state index contributed by atoms with van der Waals surface area (Å²) >= 11 is 5.15. The van der Waals surface area contributed by atoms with Crippen LogP contribution >= 0.6 is 14.2 Å². The molecule has 5 N–H and O–H groups in total. The van der Waals surface area contributed by atoms with E-state index < -0.39 is 76.6 Å². The number of aromatic nitrogens is 7. The average Bonchev–Trinajstić information content (AvgIpc) is 3.73. The minimum atomic E-state index is -4.56. The van der Waals surface area contributed by atoms with Gasteiger partial charge in [-0.2, -0.15) is 0 Å². The molecule has 4 aromatic heterocycles. The topological polar surface area (TPSA) is 219 Å². The van der Waals surface area contributed by atoms with Crippen LogP contribution in [0.15, 0.2) is 31.2 Å². The molecule has 3 aliphatic heterocycles. The molecular weight excluding hydrogens is 649 g/mol. The minimum Gasteiger partial charge on any atom is -0.397 e. The van der Waals surface area contributed by atoms with E-state index in [2.05, 4.69) is 24.9 Å². The molecule has 4 aromatic rings. The number of ether oxygens (including phenoxy) is 2. The van der Waals surface area contributed by atoms with Gasteiger partial charge in [0, 0.05) is 6.20 Å². The van der Waals surface area contributed by atoms with Crippen LogP contribution in [0.1, 0.15) is 12.5 Å². The number of anilines is 2. The van der Waals surface area contributed by atoms with Gasteiger partial charge in [0.05, 0.1) is 31.6 Å². The number of nitrogens with two attached hydrogens (primary N) is 2. The first-order valence-corrected chi connectivity index (χ1v) is 17.1. The van der Waals surface area contributed by atoms with Crippen LogP contribution < -0.4 is 11.5 Å². The van der Waals surface area contributed by atoms with Gasteiger partial charge < -0.3 is 39.4 Å². The first-order valence-electron chi connectivity index (χ1n) is 12.9. The summed E-state index contributed by atoms with van der Waals surface area (Å²) in [6.07, 6.45) is -7.79. The molecule has 0 spiro atoms. The standard InChI is InChI=1S/C21H22BF2N9O8P2S/c22-42(34)36-3-9-16(12(24)21(38-9)32-6-30-13-8(25)1-2-27-18(13)32)41-43(35,44)37-4-10-15(40-42)11(23)20(39-10)33-7-31-14-17(26)28-5-29-19(14)33/h1-2,5-7,9-12,15-16,20-21H,3-4H2,(H2,25,27)(H,35,44)(H2,26,28,29)/t9-,10-,11-,12-,15-,16-,20-,21?,42+,43?/m1/s1. The molecule has 3 saturated heterocycles. The van der Waals surface area contributed by atoms with Crippen LogP contribution in [0.4, 0.5) is 20.3 Å². The molecule has 10 atom stereocenters. The Morgan fingerprint density at radius 2 is 1.50 bits per heavy atom. The molecule has 232 valence electrons. The molecule has 0 saturated carbocycles. The van der Waals surface area contributed by atoms with Crippen LogP contribution in [0, 0.1) is 0 Å². The first kappa shape index (κ1) is 30.0. The Labute approximate surface area is 252 Å². The van der Waals surface area contributed by atoms with E-state index in [0.717, 1.165) is 6.33 Å². The number of fused-ring (bicyclic) bond motifs is 4. The number of hydrogen-bond donors (Lipinski definition) is 3. The Kier molecular flexibility index (Phi) is 7.48. The van der Waals surface area contributed by atoms with Crippen molar-refractivity contribution in [1.82, 2.24) is 34.1 Å². The summed E-state index contributed by atoms with van der Waals surface area (Å²) in [7, 11) is 1.28. The zero-order valence-corrected chi connectivity index (χ0v) is 24.8. The molecule has 3 aliphatic rings. The van der Waals surface area contributed by atoms with E-state index in [1.165, 1.54) is 34.1 Å². The molecular formula is C21H22BF2N9O8P2S. The van der Waals surface area contributed by atoms with E-state index in [-0.39, 0.29) is 22.6 Å². The van der Waals surface area contributed by atoms with E-state index >= 15 is 8.78 Å². The third-order valence-corrected chi connectivity index (χ3v) is 9.91. The quantitative estimate of drug-likeness (QED) is 0.201. The normalized spacial score (nSPS) is 38.2. The summed E-state index contributed by atoms with van der Waals surface area (Å²) < 4.78 is 81.1. The third-order valence-electron chi connectivity index (χ3n) is 7.31. The van der Waals surface area contributed by atoms with Crippen molar-refractivity contribution in [2.75, 3.05) is 24.7 Å². The molecule has 0 amide bonds. The van der Waals surface area contributed by atoms with Gasteiger partial charge in [-0.15, -0.1) is 0 Å². The first-order chi connectivity index (χ1) is 20.9. The highest BCUT2D eigenvalue weighted by Crippen LogP contribution is 2.54. The van der Waals surface area contributed by atoms with Crippen LogP contribution in [0.25, 0.3) is 22.3 Å². The highest BCUT2D eigenvalue weighted by atomic mass is 32.5. The molecule has 0 bridgehead atoms. The van der Waals surface area contributed by atoms with E-state index in [0.29, 0.717) is 11.2 Å². The van der Waals surface area contributed by atoms with Crippen LogP contribution in [0.2, 0.25) is 0 Å². The monoisotopic (exact) mass is 671 g/mol. The fourth-order valence-corrected chi connectivity index (χ4v) is 7.72. The smallest absolute Gasteiger partial charge is 0.325 e. The van der Waals surface area contributed by atoms with Crippen LogP contribution in [0.5, 0.6) is 0 Å². The van der Waals surface area contributed by atoms with Crippen LogP contribution in [0.3, 0.4) is 0 Å². The summed E-state index contributed by atoms with van der Waals surface area (Å²) in [5.74, 6) is 0.0500. The summed E-state index contributed by atoms with van der Waals surface area (Å²) in [6, 6.07) is 1.52. The van der Waals surface area contributed by atoms with Gasteiger partial charge in [0.25, 0.3) is 7.47 Å². The third kappa shape index (κ3) is 5.20. The second-order valence-corrected chi connectivity index (χ2v) is 14.4. The highest BCUT2D eigenvalue weighted by molar-refractivity contribution is 8.07. The van der Waals surface area contributed by atoms with Gasteiger partial charge in [-0.3, -0.25) is 18.2 Å². The summed E-state index contributed by atoms with van der Waals surface area (Å²) in [4.78, 5) is 31.3. The summed E-state index contributed by atoms with van der Waals surface area (Å²) in [6.45, 7) is -5.55. The molecule has 7 rings (SSSR count). The predicted octanol–water partition coefficient (Wildman–Crippen LogP) is 1.22. The Balaban J connectivity index is 1.17. The number of halogens is 2. The van der Waals surface area contributed by atoms with E-state index in [9.17, 15) is 9.46 Å². The van der Waals surface area contributed by atoms with Crippen molar-refractivity contribution in [3.63, 3.8) is 0 Å². The summed E-state index contributed by atoms with van der Waals surface area (Å²) in [5, 5.41) is 0. The Hall–Kier alpha value is -2.71. The molecule has 17 nitrogen and oxygen atoms in total. The minimum absolute atomic E-state index is 0.0500. The number of rotatable bonds is 2. The maximum Gasteiger partial charge on any atom is 0.325 e. The molecule has 2 radical (unpaired) electrons. The van der Waals surface area contributed by atoms with Crippen molar-refractivity contribution < 1.29 is 45.8 Å².